The monoisotopic (exact) mass is 263 g/mol. The van der Waals surface area contributed by atoms with Crippen LogP contribution in [0.3, 0.4) is 0 Å². The van der Waals surface area contributed by atoms with Gasteiger partial charge in [-0.25, -0.2) is 4.39 Å². The van der Waals surface area contributed by atoms with Gasteiger partial charge in [0.1, 0.15) is 11.6 Å². The zero-order valence-electron chi connectivity index (χ0n) is 10.1. The smallest absolute Gasteiger partial charge is 0.191 e. The first kappa shape index (κ1) is 11.7. The molecule has 94 valence electrons. The summed E-state index contributed by atoms with van der Waals surface area (Å²) in [7, 11) is 0. The Hall–Kier alpha value is -1.36. The van der Waals surface area contributed by atoms with Crippen molar-refractivity contribution in [2.45, 2.75) is 36.7 Å². The lowest BCUT2D eigenvalue weighted by Gasteiger charge is -2.06. The fourth-order valence-corrected chi connectivity index (χ4v) is 2.94. The lowest BCUT2D eigenvalue weighted by Crippen LogP contribution is -1.99. The minimum absolute atomic E-state index is 0.194. The van der Waals surface area contributed by atoms with Crippen LogP contribution in [0.4, 0.5) is 4.39 Å². The van der Waals surface area contributed by atoms with Crippen molar-refractivity contribution in [1.82, 2.24) is 14.8 Å². The number of benzene rings is 1. The van der Waals surface area contributed by atoms with Crippen LogP contribution in [0.15, 0.2) is 29.4 Å². The van der Waals surface area contributed by atoms with E-state index < -0.39 is 0 Å². The molecule has 1 aliphatic carbocycles. The standard InChI is InChI=1S/C13H14FN3S/c1-9-15-16-13(17(9)12-6-7-12)18-8-10-2-4-11(14)5-3-10/h2-5,12H,6-8H2,1H3. The van der Waals surface area contributed by atoms with Crippen LogP contribution < -0.4 is 0 Å². The van der Waals surface area contributed by atoms with Gasteiger partial charge in [0.15, 0.2) is 5.16 Å². The van der Waals surface area contributed by atoms with Crippen molar-refractivity contribution in [1.29, 1.82) is 0 Å². The molecule has 0 bridgehead atoms. The summed E-state index contributed by atoms with van der Waals surface area (Å²) in [6, 6.07) is 7.20. The molecule has 3 nitrogen and oxygen atoms in total. The first-order valence-electron chi connectivity index (χ1n) is 6.03. The molecule has 1 fully saturated rings. The number of halogens is 1. The Morgan fingerprint density at radius 2 is 2.00 bits per heavy atom. The minimum Gasteiger partial charge on any atom is -0.303 e. The minimum atomic E-state index is -0.194. The van der Waals surface area contributed by atoms with Crippen molar-refractivity contribution < 1.29 is 4.39 Å². The van der Waals surface area contributed by atoms with Gasteiger partial charge in [0.05, 0.1) is 0 Å². The molecular formula is C13H14FN3S. The van der Waals surface area contributed by atoms with Crippen LogP contribution in [0.5, 0.6) is 0 Å². The van der Waals surface area contributed by atoms with E-state index in [2.05, 4.69) is 14.8 Å². The van der Waals surface area contributed by atoms with Crippen molar-refractivity contribution in [3.05, 3.63) is 41.5 Å². The highest BCUT2D eigenvalue weighted by atomic mass is 32.2. The second-order valence-corrected chi connectivity index (χ2v) is 5.49. The summed E-state index contributed by atoms with van der Waals surface area (Å²) in [5.41, 5.74) is 1.10. The predicted octanol–water partition coefficient (Wildman–Crippen LogP) is 3.35. The Balaban J connectivity index is 1.71. The maximum Gasteiger partial charge on any atom is 0.191 e. The number of aryl methyl sites for hydroxylation is 1. The summed E-state index contributed by atoms with van der Waals surface area (Å²) >= 11 is 1.66. The molecule has 0 atom stereocenters. The van der Waals surface area contributed by atoms with E-state index in [1.54, 1.807) is 11.8 Å². The molecule has 0 amide bonds. The molecule has 1 aromatic heterocycles. The summed E-state index contributed by atoms with van der Waals surface area (Å²) in [5, 5.41) is 9.32. The van der Waals surface area contributed by atoms with Crippen LogP contribution in [0.1, 0.15) is 30.3 Å². The van der Waals surface area contributed by atoms with Crippen LogP contribution in [0, 0.1) is 12.7 Å². The van der Waals surface area contributed by atoms with E-state index >= 15 is 0 Å². The summed E-state index contributed by atoms with van der Waals surface area (Å²) in [6.45, 7) is 1.99. The van der Waals surface area contributed by atoms with Gasteiger partial charge in [-0.3, -0.25) is 0 Å². The summed E-state index contributed by atoms with van der Waals surface area (Å²) in [4.78, 5) is 0. The molecular weight excluding hydrogens is 249 g/mol. The van der Waals surface area contributed by atoms with Crippen LogP contribution in [0.2, 0.25) is 0 Å². The molecule has 0 saturated heterocycles. The third-order valence-corrected chi connectivity index (χ3v) is 4.04. The van der Waals surface area contributed by atoms with Crippen molar-refractivity contribution in [3.63, 3.8) is 0 Å². The fraction of sp³-hybridized carbons (Fsp3) is 0.385. The van der Waals surface area contributed by atoms with Gasteiger partial charge < -0.3 is 4.57 Å². The Kier molecular flexibility index (Phi) is 3.07. The average molecular weight is 263 g/mol. The van der Waals surface area contributed by atoms with E-state index in [9.17, 15) is 4.39 Å². The van der Waals surface area contributed by atoms with E-state index in [0.29, 0.717) is 6.04 Å². The van der Waals surface area contributed by atoms with Crippen molar-refractivity contribution in [2.24, 2.45) is 0 Å². The normalized spacial score (nSPS) is 15.0. The molecule has 3 rings (SSSR count). The van der Waals surface area contributed by atoms with Gasteiger partial charge in [0, 0.05) is 11.8 Å². The molecule has 0 radical (unpaired) electrons. The van der Waals surface area contributed by atoms with Crippen molar-refractivity contribution >= 4 is 11.8 Å². The molecule has 1 aromatic carbocycles. The average Bonchev–Trinajstić information content (AvgIpc) is 3.13. The zero-order chi connectivity index (χ0) is 12.5. The van der Waals surface area contributed by atoms with Gasteiger partial charge in [0.2, 0.25) is 0 Å². The lowest BCUT2D eigenvalue weighted by atomic mass is 10.2. The van der Waals surface area contributed by atoms with Crippen LogP contribution in [-0.2, 0) is 5.75 Å². The number of hydrogen-bond donors (Lipinski definition) is 0. The van der Waals surface area contributed by atoms with Crippen LogP contribution in [0.25, 0.3) is 0 Å². The van der Waals surface area contributed by atoms with Crippen molar-refractivity contribution in [3.8, 4) is 0 Å². The maximum absolute atomic E-state index is 12.8. The number of nitrogens with zero attached hydrogens (tertiary/aromatic N) is 3. The SMILES string of the molecule is Cc1nnc(SCc2ccc(F)cc2)n1C1CC1. The van der Waals surface area contributed by atoms with Gasteiger partial charge in [-0.1, -0.05) is 23.9 Å². The van der Waals surface area contributed by atoms with Crippen LogP contribution >= 0.6 is 11.8 Å². The van der Waals surface area contributed by atoms with Gasteiger partial charge in [0.25, 0.3) is 0 Å². The molecule has 1 aliphatic rings. The van der Waals surface area contributed by atoms with Crippen molar-refractivity contribution in [2.75, 3.05) is 0 Å². The molecule has 0 spiro atoms. The highest BCUT2D eigenvalue weighted by Crippen LogP contribution is 2.39. The summed E-state index contributed by atoms with van der Waals surface area (Å²) in [5.74, 6) is 1.59. The third-order valence-electron chi connectivity index (χ3n) is 3.03. The predicted molar refractivity (Wildman–Crippen MR) is 69.0 cm³/mol. The Bertz CT molecular complexity index is 546. The Morgan fingerprint density at radius 1 is 1.28 bits per heavy atom. The number of thioether (sulfide) groups is 1. The quantitative estimate of drug-likeness (QED) is 0.792. The summed E-state index contributed by atoms with van der Waals surface area (Å²) in [6.07, 6.45) is 2.45. The molecule has 5 heteroatoms. The second-order valence-electron chi connectivity index (χ2n) is 4.55. The molecule has 0 aliphatic heterocycles. The first-order chi connectivity index (χ1) is 8.74. The second kappa shape index (κ2) is 4.72. The largest absolute Gasteiger partial charge is 0.303 e. The molecule has 18 heavy (non-hydrogen) atoms. The molecule has 1 saturated carbocycles. The lowest BCUT2D eigenvalue weighted by molar-refractivity contribution is 0.627. The zero-order valence-corrected chi connectivity index (χ0v) is 11.0. The summed E-state index contributed by atoms with van der Waals surface area (Å²) < 4.78 is 15.0. The van der Waals surface area contributed by atoms with E-state index in [0.717, 1.165) is 22.3 Å². The first-order valence-corrected chi connectivity index (χ1v) is 7.01. The highest BCUT2D eigenvalue weighted by Gasteiger charge is 2.28. The topological polar surface area (TPSA) is 30.7 Å². The third kappa shape index (κ3) is 2.41. The van der Waals surface area contributed by atoms with Gasteiger partial charge >= 0.3 is 0 Å². The van der Waals surface area contributed by atoms with Gasteiger partial charge in [-0.15, -0.1) is 10.2 Å². The number of aromatic nitrogens is 3. The fourth-order valence-electron chi connectivity index (χ4n) is 1.93. The van der Waals surface area contributed by atoms with Crippen LogP contribution in [-0.4, -0.2) is 14.8 Å². The molecule has 0 unspecified atom stereocenters. The molecule has 0 N–H and O–H groups in total. The maximum atomic E-state index is 12.8. The highest BCUT2D eigenvalue weighted by molar-refractivity contribution is 7.98. The van der Waals surface area contributed by atoms with E-state index in [4.69, 9.17) is 0 Å². The van der Waals surface area contributed by atoms with E-state index in [1.165, 1.54) is 25.0 Å². The van der Waals surface area contributed by atoms with Gasteiger partial charge in [-0.2, -0.15) is 0 Å². The number of rotatable bonds is 4. The number of hydrogen-bond acceptors (Lipinski definition) is 3. The van der Waals surface area contributed by atoms with E-state index in [1.807, 2.05) is 19.1 Å². The molecule has 2 aromatic rings. The molecule has 1 heterocycles. The van der Waals surface area contributed by atoms with E-state index in [-0.39, 0.29) is 5.82 Å². The van der Waals surface area contributed by atoms with Gasteiger partial charge in [-0.05, 0) is 37.5 Å². The Morgan fingerprint density at radius 3 is 2.67 bits per heavy atom. The Labute approximate surface area is 109 Å².